The second-order valence-corrected chi connectivity index (χ2v) is 7.06. The van der Waals surface area contributed by atoms with Gasteiger partial charge in [-0.3, -0.25) is 9.59 Å². The van der Waals surface area contributed by atoms with Crippen molar-refractivity contribution in [2.24, 2.45) is 11.5 Å². The Bertz CT molecular complexity index is 578. The lowest BCUT2D eigenvalue weighted by Gasteiger charge is -2.17. The van der Waals surface area contributed by atoms with Gasteiger partial charge in [0.05, 0.1) is 0 Å². The molecule has 0 saturated heterocycles. The van der Waals surface area contributed by atoms with Crippen LogP contribution in [0.25, 0.3) is 0 Å². The Morgan fingerprint density at radius 1 is 0.682 bits per heavy atom. The molecule has 0 aliphatic heterocycles. The lowest BCUT2D eigenvalue weighted by molar-refractivity contribution is -0.118. The molecule has 6 heteroatoms. The highest BCUT2D eigenvalue weighted by molar-refractivity contribution is 8.77. The van der Waals surface area contributed by atoms with Crippen molar-refractivity contribution in [1.29, 1.82) is 0 Å². The normalized spacial score (nSPS) is 13.3. The van der Waals surface area contributed by atoms with Crippen LogP contribution in [-0.4, -0.2) is 11.8 Å². The van der Waals surface area contributed by atoms with Crippen LogP contribution in [0.3, 0.4) is 0 Å². The fourth-order valence-electron chi connectivity index (χ4n) is 1.90. The van der Waals surface area contributed by atoms with E-state index in [9.17, 15) is 9.59 Å². The largest absolute Gasteiger partial charge is 0.368 e. The van der Waals surface area contributed by atoms with Crippen molar-refractivity contribution in [1.82, 2.24) is 0 Å². The summed E-state index contributed by atoms with van der Waals surface area (Å²) in [7, 11) is 2.51. The van der Waals surface area contributed by atoms with Crippen molar-refractivity contribution in [3.63, 3.8) is 0 Å². The van der Waals surface area contributed by atoms with Gasteiger partial charge in [-0.25, -0.2) is 0 Å². The highest BCUT2D eigenvalue weighted by atomic mass is 33.1. The van der Waals surface area contributed by atoms with Gasteiger partial charge < -0.3 is 11.5 Å². The van der Waals surface area contributed by atoms with Gasteiger partial charge in [-0.05, 0) is 11.1 Å². The van der Waals surface area contributed by atoms with Crippen molar-refractivity contribution in [2.45, 2.75) is 10.5 Å². The molecular weight excluding hydrogens is 316 g/mol. The zero-order valence-corrected chi connectivity index (χ0v) is 13.3. The summed E-state index contributed by atoms with van der Waals surface area (Å²) < 4.78 is 0. The number of nitrogens with two attached hydrogens (primary N) is 2. The molecular formula is C16H16N2O2S2. The molecule has 0 saturated carbocycles. The molecule has 22 heavy (non-hydrogen) atoms. The maximum absolute atomic E-state index is 11.7. The molecule has 2 atom stereocenters. The molecule has 0 aliphatic rings. The van der Waals surface area contributed by atoms with E-state index in [1.807, 2.05) is 60.7 Å². The molecule has 0 aromatic heterocycles. The van der Waals surface area contributed by atoms with Crippen molar-refractivity contribution < 1.29 is 9.59 Å². The van der Waals surface area contributed by atoms with E-state index < -0.39 is 22.3 Å². The number of carbonyl (C=O) groups is 2. The quantitative estimate of drug-likeness (QED) is 0.763. The summed E-state index contributed by atoms with van der Waals surface area (Å²) in [5.41, 5.74) is 12.6. The van der Waals surface area contributed by atoms with E-state index in [1.165, 1.54) is 21.6 Å². The Balaban J connectivity index is 2.14. The Hall–Kier alpha value is -1.92. The van der Waals surface area contributed by atoms with Gasteiger partial charge in [0.1, 0.15) is 10.5 Å². The molecule has 0 fully saturated rings. The standard InChI is InChI=1S/C16H16N2O2S2/c17-15(19)13(11-7-3-1-4-8-11)21-22-14(16(18)20)12-9-5-2-6-10-12/h1-10,13-14H,(H2,17,19)(H2,18,20). The molecule has 114 valence electrons. The summed E-state index contributed by atoms with van der Waals surface area (Å²) in [5.74, 6) is -0.889. The second kappa shape index (κ2) is 7.91. The minimum absolute atomic E-state index is 0.444. The van der Waals surface area contributed by atoms with Gasteiger partial charge in [-0.15, -0.1) is 0 Å². The highest BCUT2D eigenvalue weighted by Gasteiger charge is 2.24. The average Bonchev–Trinajstić information content (AvgIpc) is 2.52. The molecule has 2 aromatic carbocycles. The molecule has 0 bridgehead atoms. The smallest absolute Gasteiger partial charge is 0.235 e. The second-order valence-electron chi connectivity index (χ2n) is 4.58. The van der Waals surface area contributed by atoms with E-state index in [4.69, 9.17) is 11.5 Å². The summed E-state index contributed by atoms with van der Waals surface area (Å²) in [5, 5.41) is -1.06. The molecule has 2 rings (SSSR count). The molecule has 0 radical (unpaired) electrons. The average molecular weight is 332 g/mol. The zero-order chi connectivity index (χ0) is 15.9. The monoisotopic (exact) mass is 332 g/mol. The first-order valence-corrected chi connectivity index (χ1v) is 8.88. The fraction of sp³-hybridized carbons (Fsp3) is 0.125. The van der Waals surface area contributed by atoms with Crippen LogP contribution in [0.15, 0.2) is 60.7 Å². The fourth-order valence-corrected chi connectivity index (χ4v) is 4.75. The third kappa shape index (κ3) is 4.29. The summed E-state index contributed by atoms with van der Waals surface area (Å²) >= 11 is 0. The number of benzene rings is 2. The van der Waals surface area contributed by atoms with Gasteiger partial charge in [-0.1, -0.05) is 82.3 Å². The number of carbonyl (C=O) groups excluding carboxylic acids is 2. The van der Waals surface area contributed by atoms with Gasteiger partial charge in [0, 0.05) is 0 Å². The predicted octanol–water partition coefficient (Wildman–Crippen LogP) is 2.82. The van der Waals surface area contributed by atoms with E-state index >= 15 is 0 Å². The first-order valence-electron chi connectivity index (χ1n) is 6.60. The minimum Gasteiger partial charge on any atom is -0.368 e. The van der Waals surface area contributed by atoms with Crippen LogP contribution in [0.4, 0.5) is 0 Å². The summed E-state index contributed by atoms with van der Waals surface area (Å²) in [6, 6.07) is 18.5. The first kappa shape index (κ1) is 16.5. The molecule has 4 nitrogen and oxygen atoms in total. The molecule has 0 heterocycles. The van der Waals surface area contributed by atoms with Crippen molar-refractivity contribution in [2.75, 3.05) is 0 Å². The van der Waals surface area contributed by atoms with Crippen LogP contribution in [0.5, 0.6) is 0 Å². The van der Waals surface area contributed by atoms with Gasteiger partial charge in [-0.2, -0.15) is 0 Å². The molecule has 2 unspecified atom stereocenters. The molecule has 4 N–H and O–H groups in total. The summed E-state index contributed by atoms with van der Waals surface area (Å²) in [4.78, 5) is 23.4. The molecule has 0 spiro atoms. The predicted molar refractivity (Wildman–Crippen MR) is 91.9 cm³/mol. The van der Waals surface area contributed by atoms with Crippen LogP contribution in [0.1, 0.15) is 21.6 Å². The zero-order valence-electron chi connectivity index (χ0n) is 11.7. The van der Waals surface area contributed by atoms with E-state index in [0.29, 0.717) is 0 Å². The number of amides is 2. The van der Waals surface area contributed by atoms with Crippen molar-refractivity contribution >= 4 is 33.4 Å². The first-order chi connectivity index (χ1) is 10.6. The topological polar surface area (TPSA) is 86.2 Å². The molecule has 0 aliphatic carbocycles. The van der Waals surface area contributed by atoms with Crippen LogP contribution < -0.4 is 11.5 Å². The van der Waals surface area contributed by atoms with E-state index in [0.717, 1.165) is 11.1 Å². The Morgan fingerprint density at radius 2 is 1.00 bits per heavy atom. The summed E-state index contributed by atoms with van der Waals surface area (Å²) in [6.07, 6.45) is 0. The Morgan fingerprint density at radius 3 is 1.27 bits per heavy atom. The lowest BCUT2D eigenvalue weighted by Crippen LogP contribution is -2.20. The van der Waals surface area contributed by atoms with E-state index in [-0.39, 0.29) is 0 Å². The van der Waals surface area contributed by atoms with Gasteiger partial charge >= 0.3 is 0 Å². The Kier molecular flexibility index (Phi) is 5.91. The summed E-state index contributed by atoms with van der Waals surface area (Å²) in [6.45, 7) is 0. The molecule has 2 amide bonds. The van der Waals surface area contributed by atoms with E-state index in [1.54, 1.807) is 0 Å². The highest BCUT2D eigenvalue weighted by Crippen LogP contribution is 2.45. The number of hydrogen-bond acceptors (Lipinski definition) is 4. The maximum atomic E-state index is 11.7. The van der Waals surface area contributed by atoms with Gasteiger partial charge in [0.25, 0.3) is 0 Å². The third-order valence-electron chi connectivity index (χ3n) is 2.97. The van der Waals surface area contributed by atoms with Crippen molar-refractivity contribution in [3.8, 4) is 0 Å². The number of hydrogen-bond donors (Lipinski definition) is 2. The maximum Gasteiger partial charge on any atom is 0.235 e. The van der Waals surface area contributed by atoms with Crippen LogP contribution >= 0.6 is 21.6 Å². The van der Waals surface area contributed by atoms with Gasteiger partial charge in [0.2, 0.25) is 11.8 Å². The Labute approximate surface area is 137 Å². The molecule has 2 aromatic rings. The van der Waals surface area contributed by atoms with Crippen LogP contribution in [0, 0.1) is 0 Å². The SMILES string of the molecule is NC(=O)C(SSC(C(N)=O)c1ccccc1)c1ccccc1. The van der Waals surface area contributed by atoms with Crippen LogP contribution in [-0.2, 0) is 9.59 Å². The van der Waals surface area contributed by atoms with Gasteiger partial charge in [0.15, 0.2) is 0 Å². The van der Waals surface area contributed by atoms with E-state index in [2.05, 4.69) is 0 Å². The number of rotatable bonds is 7. The lowest BCUT2D eigenvalue weighted by atomic mass is 10.1. The van der Waals surface area contributed by atoms with Crippen molar-refractivity contribution in [3.05, 3.63) is 71.8 Å². The third-order valence-corrected chi connectivity index (χ3v) is 5.96. The minimum atomic E-state index is -0.531. The number of primary amides is 2. The van der Waals surface area contributed by atoms with Crippen LogP contribution in [0.2, 0.25) is 0 Å².